The van der Waals surface area contributed by atoms with E-state index in [1.807, 2.05) is 25.1 Å². The van der Waals surface area contributed by atoms with Crippen molar-refractivity contribution in [3.63, 3.8) is 0 Å². The fraction of sp³-hybridized carbons (Fsp3) is 0.571. The predicted octanol–water partition coefficient (Wildman–Crippen LogP) is 2.93. The zero-order valence-electron chi connectivity index (χ0n) is 10.8. The van der Waals surface area contributed by atoms with Crippen LogP contribution in [-0.4, -0.2) is 30.5 Å². The van der Waals surface area contributed by atoms with E-state index < -0.39 is 5.60 Å². The highest BCUT2D eigenvalue weighted by atomic mass is 79.9. The molecule has 1 aromatic carbocycles. The van der Waals surface area contributed by atoms with Gasteiger partial charge in [0.2, 0.25) is 0 Å². The molecule has 1 aliphatic rings. The molecule has 18 heavy (non-hydrogen) atoms. The van der Waals surface area contributed by atoms with Gasteiger partial charge in [0.1, 0.15) is 5.75 Å². The topological polar surface area (TPSA) is 38.7 Å². The van der Waals surface area contributed by atoms with E-state index in [-0.39, 0.29) is 6.10 Å². The quantitative estimate of drug-likeness (QED) is 0.932. The lowest BCUT2D eigenvalue weighted by molar-refractivity contribution is -0.0961. The van der Waals surface area contributed by atoms with Gasteiger partial charge >= 0.3 is 0 Å². The van der Waals surface area contributed by atoms with Crippen LogP contribution in [0.15, 0.2) is 22.7 Å². The Balaban J connectivity index is 2.17. The van der Waals surface area contributed by atoms with Gasteiger partial charge in [-0.3, -0.25) is 0 Å². The van der Waals surface area contributed by atoms with Gasteiger partial charge in [-0.05, 0) is 37.1 Å². The normalized spacial score (nSPS) is 28.1. The van der Waals surface area contributed by atoms with Crippen molar-refractivity contribution >= 4 is 15.9 Å². The van der Waals surface area contributed by atoms with Gasteiger partial charge in [-0.2, -0.15) is 0 Å². The fourth-order valence-corrected chi connectivity index (χ4v) is 2.86. The van der Waals surface area contributed by atoms with Gasteiger partial charge in [0.25, 0.3) is 0 Å². The van der Waals surface area contributed by atoms with Gasteiger partial charge in [0.15, 0.2) is 0 Å². The largest absolute Gasteiger partial charge is 0.497 e. The molecule has 2 atom stereocenters. The van der Waals surface area contributed by atoms with Crippen LogP contribution in [0, 0.1) is 0 Å². The van der Waals surface area contributed by atoms with Crippen molar-refractivity contribution in [2.75, 3.05) is 13.7 Å². The van der Waals surface area contributed by atoms with E-state index in [0.717, 1.165) is 15.8 Å². The lowest BCUT2D eigenvalue weighted by Crippen LogP contribution is -2.41. The maximum atomic E-state index is 10.6. The minimum Gasteiger partial charge on any atom is -0.497 e. The summed E-state index contributed by atoms with van der Waals surface area (Å²) in [6, 6.07) is 5.84. The zero-order chi connectivity index (χ0) is 13.2. The highest BCUT2D eigenvalue weighted by molar-refractivity contribution is 9.10. The molecule has 100 valence electrons. The summed E-state index contributed by atoms with van der Waals surface area (Å²) < 4.78 is 11.7. The monoisotopic (exact) mass is 314 g/mol. The first kappa shape index (κ1) is 13.8. The molecule has 1 heterocycles. The molecule has 2 rings (SSSR count). The van der Waals surface area contributed by atoms with Crippen molar-refractivity contribution in [3.8, 4) is 5.75 Å². The maximum absolute atomic E-state index is 10.6. The van der Waals surface area contributed by atoms with E-state index in [2.05, 4.69) is 15.9 Å². The van der Waals surface area contributed by atoms with Crippen LogP contribution in [0.25, 0.3) is 0 Å². The second-order valence-electron chi connectivity index (χ2n) is 4.99. The number of aliphatic hydroxyl groups is 1. The first-order valence-corrected chi connectivity index (χ1v) is 6.98. The highest BCUT2D eigenvalue weighted by Crippen LogP contribution is 2.32. The molecule has 1 aliphatic heterocycles. The van der Waals surface area contributed by atoms with Gasteiger partial charge in [0.05, 0.1) is 18.8 Å². The summed E-state index contributed by atoms with van der Waals surface area (Å²) >= 11 is 3.53. The Morgan fingerprint density at radius 3 is 3.00 bits per heavy atom. The zero-order valence-corrected chi connectivity index (χ0v) is 12.4. The number of rotatable bonds is 3. The second-order valence-corrected chi connectivity index (χ2v) is 5.85. The molecule has 1 N–H and O–H groups in total. The molecule has 0 radical (unpaired) electrons. The summed E-state index contributed by atoms with van der Waals surface area (Å²) in [4.78, 5) is 0. The standard InChI is InChI=1S/C14H19BrO3/c1-10-8-14(16,5-6-18-10)9-11-7-12(17-2)3-4-13(11)15/h3-4,7,10,16H,5-6,8-9H2,1-2H3. The van der Waals surface area contributed by atoms with Crippen molar-refractivity contribution in [2.45, 2.75) is 37.9 Å². The number of halogens is 1. The molecule has 3 nitrogen and oxygen atoms in total. The third-order valence-corrected chi connectivity index (χ3v) is 4.18. The minimum atomic E-state index is -0.674. The van der Waals surface area contributed by atoms with E-state index in [4.69, 9.17) is 9.47 Å². The summed E-state index contributed by atoms with van der Waals surface area (Å²) in [5.74, 6) is 0.817. The van der Waals surface area contributed by atoms with Gasteiger partial charge in [0, 0.05) is 23.9 Å². The third-order valence-electron chi connectivity index (χ3n) is 3.41. The van der Waals surface area contributed by atoms with Crippen LogP contribution >= 0.6 is 15.9 Å². The van der Waals surface area contributed by atoms with Gasteiger partial charge in [-0.25, -0.2) is 0 Å². The first-order valence-electron chi connectivity index (χ1n) is 6.19. The molecule has 1 saturated heterocycles. The summed E-state index contributed by atoms with van der Waals surface area (Å²) in [6.07, 6.45) is 2.10. The molecule has 0 bridgehead atoms. The summed E-state index contributed by atoms with van der Waals surface area (Å²) in [5, 5.41) is 10.6. The Bertz CT molecular complexity index is 422. The third kappa shape index (κ3) is 3.25. The average molecular weight is 315 g/mol. The molecule has 1 aromatic rings. The SMILES string of the molecule is COc1ccc(Br)c(CC2(O)CCOC(C)C2)c1. The number of benzene rings is 1. The molecular weight excluding hydrogens is 296 g/mol. The highest BCUT2D eigenvalue weighted by Gasteiger charge is 2.33. The number of ether oxygens (including phenoxy) is 2. The van der Waals surface area contributed by atoms with Crippen LogP contribution in [0.4, 0.5) is 0 Å². The molecule has 0 aromatic heterocycles. The molecule has 0 saturated carbocycles. The van der Waals surface area contributed by atoms with Crippen molar-refractivity contribution < 1.29 is 14.6 Å². The van der Waals surface area contributed by atoms with E-state index >= 15 is 0 Å². The first-order chi connectivity index (χ1) is 8.52. The Kier molecular flexibility index (Phi) is 4.30. The Morgan fingerprint density at radius 1 is 1.56 bits per heavy atom. The number of methoxy groups -OCH3 is 1. The molecule has 0 amide bonds. The van der Waals surface area contributed by atoms with Crippen LogP contribution in [-0.2, 0) is 11.2 Å². The number of hydrogen-bond acceptors (Lipinski definition) is 3. The van der Waals surface area contributed by atoms with E-state index in [1.54, 1.807) is 7.11 Å². The Hall–Kier alpha value is -0.580. The predicted molar refractivity (Wildman–Crippen MR) is 74.0 cm³/mol. The van der Waals surface area contributed by atoms with Crippen molar-refractivity contribution in [3.05, 3.63) is 28.2 Å². The van der Waals surface area contributed by atoms with Crippen LogP contribution in [0.3, 0.4) is 0 Å². The molecule has 1 fully saturated rings. The molecule has 0 aliphatic carbocycles. The van der Waals surface area contributed by atoms with Crippen molar-refractivity contribution in [2.24, 2.45) is 0 Å². The summed E-state index contributed by atoms with van der Waals surface area (Å²) in [6.45, 7) is 2.63. The van der Waals surface area contributed by atoms with Crippen molar-refractivity contribution in [1.29, 1.82) is 0 Å². The Morgan fingerprint density at radius 2 is 2.33 bits per heavy atom. The smallest absolute Gasteiger partial charge is 0.119 e. The molecule has 0 spiro atoms. The van der Waals surface area contributed by atoms with E-state index in [9.17, 15) is 5.11 Å². The van der Waals surface area contributed by atoms with Crippen LogP contribution in [0.1, 0.15) is 25.3 Å². The van der Waals surface area contributed by atoms with Crippen LogP contribution in [0.5, 0.6) is 5.75 Å². The van der Waals surface area contributed by atoms with Gasteiger partial charge in [-0.1, -0.05) is 15.9 Å². The molecule has 4 heteroatoms. The minimum absolute atomic E-state index is 0.119. The summed E-state index contributed by atoms with van der Waals surface area (Å²) in [5.41, 5.74) is 0.401. The van der Waals surface area contributed by atoms with Gasteiger partial charge < -0.3 is 14.6 Å². The van der Waals surface area contributed by atoms with Crippen molar-refractivity contribution in [1.82, 2.24) is 0 Å². The lowest BCUT2D eigenvalue weighted by Gasteiger charge is -2.36. The van der Waals surface area contributed by atoms with Crippen LogP contribution in [0.2, 0.25) is 0 Å². The van der Waals surface area contributed by atoms with Crippen LogP contribution < -0.4 is 4.74 Å². The maximum Gasteiger partial charge on any atom is 0.119 e. The average Bonchev–Trinajstić information content (AvgIpc) is 2.31. The summed E-state index contributed by atoms with van der Waals surface area (Å²) in [7, 11) is 1.65. The Labute approximate surface area is 116 Å². The molecular formula is C14H19BrO3. The lowest BCUT2D eigenvalue weighted by atomic mass is 9.85. The van der Waals surface area contributed by atoms with E-state index in [0.29, 0.717) is 25.9 Å². The van der Waals surface area contributed by atoms with Gasteiger partial charge in [-0.15, -0.1) is 0 Å². The van der Waals surface area contributed by atoms with E-state index in [1.165, 1.54) is 0 Å². The second kappa shape index (κ2) is 5.59. The fourth-order valence-electron chi connectivity index (χ4n) is 2.47. The molecule has 2 unspecified atom stereocenters. The number of hydrogen-bond donors (Lipinski definition) is 1.